The van der Waals surface area contributed by atoms with Crippen LogP contribution in [0.25, 0.3) is 0 Å². The number of halogens is 1. The van der Waals surface area contributed by atoms with Crippen LogP contribution in [0.5, 0.6) is 0 Å². The van der Waals surface area contributed by atoms with Gasteiger partial charge in [0.2, 0.25) is 0 Å². The molecule has 1 unspecified atom stereocenters. The van der Waals surface area contributed by atoms with Gasteiger partial charge in [0, 0.05) is 19.8 Å². The molecule has 0 aromatic carbocycles. The third-order valence-corrected chi connectivity index (χ3v) is 5.54. The molecule has 1 atom stereocenters. The molecular formula is C9H15ClN2O3S2. The monoisotopic (exact) mass is 298 g/mol. The van der Waals surface area contributed by atoms with Crippen LogP contribution in [0.1, 0.15) is 19.0 Å². The summed E-state index contributed by atoms with van der Waals surface area (Å²) in [6.07, 6.45) is 0.612. The predicted molar refractivity (Wildman–Crippen MR) is 68.1 cm³/mol. The lowest BCUT2D eigenvalue weighted by atomic mass is 10.3. The van der Waals surface area contributed by atoms with Crippen molar-refractivity contribution in [2.45, 2.75) is 30.5 Å². The highest BCUT2D eigenvalue weighted by molar-refractivity contribution is 7.91. The first-order chi connectivity index (χ1) is 7.86. The molecule has 0 saturated heterocycles. The molecule has 1 aromatic heterocycles. The van der Waals surface area contributed by atoms with E-state index in [9.17, 15) is 8.42 Å². The Morgan fingerprint density at radius 3 is 2.71 bits per heavy atom. The molecule has 98 valence electrons. The van der Waals surface area contributed by atoms with Crippen LogP contribution in [-0.4, -0.2) is 33.2 Å². The standard InChI is InChI=1S/C9H15ClN2O3S2/c1-6(4-5-15-3)12-17(13,14)8-7(2)11-9(10)16-8/h6,12H,4-5H2,1-3H3. The summed E-state index contributed by atoms with van der Waals surface area (Å²) in [5, 5.41) is 0. The largest absolute Gasteiger partial charge is 0.385 e. The van der Waals surface area contributed by atoms with E-state index in [0.717, 1.165) is 11.3 Å². The van der Waals surface area contributed by atoms with Gasteiger partial charge in [-0.3, -0.25) is 0 Å². The third kappa shape index (κ3) is 4.18. The van der Waals surface area contributed by atoms with Gasteiger partial charge in [-0.05, 0) is 20.3 Å². The summed E-state index contributed by atoms with van der Waals surface area (Å²) in [4.78, 5) is 3.89. The second-order valence-corrected chi connectivity index (χ2v) is 7.13. The van der Waals surface area contributed by atoms with E-state index >= 15 is 0 Å². The SMILES string of the molecule is COCCC(C)NS(=O)(=O)c1sc(Cl)nc1C. The molecule has 0 radical (unpaired) electrons. The van der Waals surface area contributed by atoms with Gasteiger partial charge in [-0.1, -0.05) is 22.9 Å². The summed E-state index contributed by atoms with van der Waals surface area (Å²) in [6.45, 7) is 3.91. The van der Waals surface area contributed by atoms with Gasteiger partial charge in [0.1, 0.15) is 0 Å². The molecule has 1 heterocycles. The van der Waals surface area contributed by atoms with E-state index < -0.39 is 10.0 Å². The second-order valence-electron chi connectivity index (χ2n) is 3.64. The van der Waals surface area contributed by atoms with Crippen LogP contribution >= 0.6 is 22.9 Å². The van der Waals surface area contributed by atoms with Gasteiger partial charge in [-0.15, -0.1) is 0 Å². The van der Waals surface area contributed by atoms with Crippen LogP contribution in [0.4, 0.5) is 0 Å². The summed E-state index contributed by atoms with van der Waals surface area (Å²) in [5.41, 5.74) is 0.423. The third-order valence-electron chi connectivity index (χ3n) is 2.08. The maximum absolute atomic E-state index is 12.0. The van der Waals surface area contributed by atoms with E-state index in [4.69, 9.17) is 16.3 Å². The summed E-state index contributed by atoms with van der Waals surface area (Å²) >= 11 is 6.65. The predicted octanol–water partition coefficient (Wildman–Crippen LogP) is 1.81. The smallest absolute Gasteiger partial charge is 0.252 e. The van der Waals surface area contributed by atoms with Crippen molar-refractivity contribution in [3.8, 4) is 0 Å². The zero-order chi connectivity index (χ0) is 13.1. The minimum Gasteiger partial charge on any atom is -0.385 e. The van der Waals surface area contributed by atoms with Crippen molar-refractivity contribution >= 4 is 33.0 Å². The Kier molecular flexibility index (Phi) is 5.33. The van der Waals surface area contributed by atoms with Crippen LogP contribution in [-0.2, 0) is 14.8 Å². The quantitative estimate of drug-likeness (QED) is 0.869. The minimum atomic E-state index is -3.53. The first kappa shape index (κ1) is 14.8. The molecule has 1 aromatic rings. The Hall–Kier alpha value is -0.210. The number of hydrogen-bond acceptors (Lipinski definition) is 5. The van der Waals surface area contributed by atoms with Crippen molar-refractivity contribution in [2.75, 3.05) is 13.7 Å². The molecule has 1 N–H and O–H groups in total. The number of nitrogens with one attached hydrogen (secondary N) is 1. The molecular weight excluding hydrogens is 284 g/mol. The Labute approximate surface area is 110 Å². The van der Waals surface area contributed by atoms with Gasteiger partial charge >= 0.3 is 0 Å². The number of rotatable bonds is 6. The van der Waals surface area contributed by atoms with Gasteiger partial charge in [0.25, 0.3) is 10.0 Å². The second kappa shape index (κ2) is 6.10. The van der Waals surface area contributed by atoms with Gasteiger partial charge in [-0.2, -0.15) is 0 Å². The number of hydrogen-bond donors (Lipinski definition) is 1. The molecule has 0 aliphatic heterocycles. The summed E-state index contributed by atoms with van der Waals surface area (Å²) < 4.78 is 31.9. The number of aromatic nitrogens is 1. The first-order valence-electron chi connectivity index (χ1n) is 5.01. The normalized spacial score (nSPS) is 13.9. The lowest BCUT2D eigenvalue weighted by Crippen LogP contribution is -2.33. The lowest BCUT2D eigenvalue weighted by molar-refractivity contribution is 0.188. The minimum absolute atomic E-state index is 0.173. The van der Waals surface area contributed by atoms with Crippen molar-refractivity contribution in [2.24, 2.45) is 0 Å². The number of sulfonamides is 1. The zero-order valence-electron chi connectivity index (χ0n) is 9.86. The Bertz CT molecular complexity index is 473. The van der Waals surface area contributed by atoms with Crippen LogP contribution < -0.4 is 4.72 Å². The number of nitrogens with zero attached hydrogens (tertiary/aromatic N) is 1. The van der Waals surface area contributed by atoms with Crippen molar-refractivity contribution in [3.63, 3.8) is 0 Å². The summed E-state index contributed by atoms with van der Waals surface area (Å²) in [6, 6.07) is -0.194. The Morgan fingerprint density at radius 1 is 1.59 bits per heavy atom. The fourth-order valence-electron chi connectivity index (χ4n) is 1.27. The molecule has 0 amide bonds. The van der Waals surface area contributed by atoms with Crippen molar-refractivity contribution in [1.82, 2.24) is 9.71 Å². The maximum Gasteiger partial charge on any atom is 0.252 e. The molecule has 1 rings (SSSR count). The van der Waals surface area contributed by atoms with Crippen molar-refractivity contribution in [1.29, 1.82) is 0 Å². The number of aryl methyl sites for hydroxylation is 1. The van der Waals surface area contributed by atoms with Gasteiger partial charge in [0.15, 0.2) is 8.68 Å². The number of methoxy groups -OCH3 is 1. The van der Waals surface area contributed by atoms with Crippen molar-refractivity contribution in [3.05, 3.63) is 10.2 Å². The fourth-order valence-corrected chi connectivity index (χ4v) is 4.31. The van der Waals surface area contributed by atoms with Crippen LogP contribution in [0.15, 0.2) is 4.21 Å². The Balaban J connectivity index is 2.79. The van der Waals surface area contributed by atoms with E-state index in [1.807, 2.05) is 0 Å². The first-order valence-corrected chi connectivity index (χ1v) is 7.68. The highest BCUT2D eigenvalue weighted by Crippen LogP contribution is 2.26. The average Bonchev–Trinajstić information content (AvgIpc) is 2.55. The van der Waals surface area contributed by atoms with E-state index in [1.165, 1.54) is 0 Å². The van der Waals surface area contributed by atoms with Gasteiger partial charge < -0.3 is 4.74 Å². The van der Waals surface area contributed by atoms with E-state index in [0.29, 0.717) is 18.7 Å². The van der Waals surface area contributed by atoms with Crippen LogP contribution in [0.2, 0.25) is 4.47 Å². The molecule has 0 fully saturated rings. The van der Waals surface area contributed by atoms with E-state index in [-0.39, 0.29) is 14.7 Å². The van der Waals surface area contributed by atoms with Gasteiger partial charge in [-0.25, -0.2) is 18.1 Å². The average molecular weight is 299 g/mol. The molecule has 0 bridgehead atoms. The molecule has 0 aliphatic carbocycles. The van der Waals surface area contributed by atoms with Crippen molar-refractivity contribution < 1.29 is 13.2 Å². The highest BCUT2D eigenvalue weighted by Gasteiger charge is 2.23. The highest BCUT2D eigenvalue weighted by atomic mass is 35.5. The fraction of sp³-hybridized carbons (Fsp3) is 0.667. The van der Waals surface area contributed by atoms with Gasteiger partial charge in [0.05, 0.1) is 5.69 Å². The Morgan fingerprint density at radius 2 is 2.24 bits per heavy atom. The lowest BCUT2D eigenvalue weighted by Gasteiger charge is -2.12. The van der Waals surface area contributed by atoms with Crippen LogP contribution in [0.3, 0.4) is 0 Å². The number of thiazole rings is 1. The molecule has 8 heteroatoms. The topological polar surface area (TPSA) is 68.3 Å². The van der Waals surface area contributed by atoms with Crippen LogP contribution in [0, 0.1) is 6.92 Å². The molecule has 0 saturated carbocycles. The molecule has 0 aliphatic rings. The van der Waals surface area contributed by atoms with E-state index in [2.05, 4.69) is 9.71 Å². The maximum atomic E-state index is 12.0. The summed E-state index contributed by atoms with van der Waals surface area (Å²) in [7, 11) is -1.96. The molecule has 5 nitrogen and oxygen atoms in total. The molecule has 17 heavy (non-hydrogen) atoms. The van der Waals surface area contributed by atoms with E-state index in [1.54, 1.807) is 21.0 Å². The summed E-state index contributed by atoms with van der Waals surface area (Å²) in [5.74, 6) is 0. The number of ether oxygens (including phenoxy) is 1. The zero-order valence-corrected chi connectivity index (χ0v) is 12.2. The molecule has 0 spiro atoms.